The summed E-state index contributed by atoms with van der Waals surface area (Å²) in [5, 5.41) is 4.38. The zero-order valence-electron chi connectivity index (χ0n) is 10.5. The van der Waals surface area contributed by atoms with Crippen molar-refractivity contribution in [2.45, 2.75) is 59.3 Å². The van der Waals surface area contributed by atoms with Gasteiger partial charge in [0, 0.05) is 6.04 Å². The largest absolute Gasteiger partial charge is 0.372 e. The lowest BCUT2D eigenvalue weighted by Gasteiger charge is -2.16. The summed E-state index contributed by atoms with van der Waals surface area (Å²) in [5.74, 6) is 0. The second kappa shape index (κ2) is 6.40. The van der Waals surface area contributed by atoms with E-state index in [1.807, 2.05) is 10.9 Å². The number of hydrogen-bond acceptors (Lipinski definition) is 2. The number of hydrogen-bond donors (Lipinski definition) is 0. The van der Waals surface area contributed by atoms with Crippen LogP contribution in [0.5, 0.6) is 0 Å². The van der Waals surface area contributed by atoms with Gasteiger partial charge in [-0.1, -0.05) is 13.8 Å². The van der Waals surface area contributed by atoms with Crippen LogP contribution in [-0.2, 0) is 11.3 Å². The summed E-state index contributed by atoms with van der Waals surface area (Å²) in [6, 6.07) is 0.418. The minimum absolute atomic E-state index is 0.298. The summed E-state index contributed by atoms with van der Waals surface area (Å²) in [6.45, 7) is 9.19. The van der Waals surface area contributed by atoms with E-state index in [1.54, 1.807) is 0 Å². The summed E-state index contributed by atoms with van der Waals surface area (Å²) in [6.07, 6.45) is 4.26. The zero-order valence-corrected chi connectivity index (χ0v) is 12.1. The van der Waals surface area contributed by atoms with Gasteiger partial charge in [0.2, 0.25) is 0 Å². The predicted molar refractivity (Wildman–Crippen MR) is 69.5 cm³/mol. The van der Waals surface area contributed by atoms with E-state index in [0.717, 1.165) is 23.0 Å². The lowest BCUT2D eigenvalue weighted by atomic mass is 10.2. The van der Waals surface area contributed by atoms with E-state index in [0.29, 0.717) is 18.8 Å². The standard InChI is InChI=1S/C12H21BrN2O/c1-5-9(3)15-12(11(13)7-14-15)8-16-10(4)6-2/h7,9-10H,5-6,8H2,1-4H3/t9-,10-/m1/s1. The average molecular weight is 289 g/mol. The monoisotopic (exact) mass is 288 g/mol. The van der Waals surface area contributed by atoms with E-state index >= 15 is 0 Å². The Hall–Kier alpha value is -0.350. The molecule has 1 aromatic rings. The third-order valence-electron chi connectivity index (χ3n) is 2.94. The third kappa shape index (κ3) is 3.32. The highest BCUT2D eigenvalue weighted by Crippen LogP contribution is 2.22. The molecule has 3 nitrogen and oxygen atoms in total. The van der Waals surface area contributed by atoms with Crippen LogP contribution in [0.15, 0.2) is 10.7 Å². The zero-order chi connectivity index (χ0) is 12.1. The van der Waals surface area contributed by atoms with E-state index in [2.05, 4.69) is 48.7 Å². The molecule has 0 spiro atoms. The van der Waals surface area contributed by atoms with Gasteiger partial charge >= 0.3 is 0 Å². The minimum Gasteiger partial charge on any atom is -0.372 e. The van der Waals surface area contributed by atoms with Gasteiger partial charge in [-0.15, -0.1) is 0 Å². The van der Waals surface area contributed by atoms with E-state index in [1.165, 1.54) is 0 Å². The minimum atomic E-state index is 0.298. The molecular formula is C12H21BrN2O. The summed E-state index contributed by atoms with van der Waals surface area (Å²) >= 11 is 3.52. The molecule has 0 N–H and O–H groups in total. The van der Waals surface area contributed by atoms with Crippen molar-refractivity contribution in [3.05, 3.63) is 16.4 Å². The Bertz CT molecular complexity index is 325. The van der Waals surface area contributed by atoms with Crippen LogP contribution in [0.4, 0.5) is 0 Å². The summed E-state index contributed by atoms with van der Waals surface area (Å²) in [4.78, 5) is 0. The van der Waals surface area contributed by atoms with Crippen molar-refractivity contribution in [3.8, 4) is 0 Å². The van der Waals surface area contributed by atoms with Crippen molar-refractivity contribution in [1.82, 2.24) is 9.78 Å². The van der Waals surface area contributed by atoms with Gasteiger partial charge in [-0.2, -0.15) is 5.10 Å². The molecule has 0 saturated heterocycles. The second-order valence-corrected chi connectivity index (χ2v) is 5.03. The molecule has 0 unspecified atom stereocenters. The van der Waals surface area contributed by atoms with Gasteiger partial charge in [0.25, 0.3) is 0 Å². The Morgan fingerprint density at radius 2 is 2.06 bits per heavy atom. The number of ether oxygens (including phenoxy) is 1. The van der Waals surface area contributed by atoms with Crippen molar-refractivity contribution in [2.75, 3.05) is 0 Å². The summed E-state index contributed by atoms with van der Waals surface area (Å²) < 4.78 is 8.85. The van der Waals surface area contributed by atoms with E-state index in [4.69, 9.17) is 4.74 Å². The first-order chi connectivity index (χ1) is 7.60. The highest BCUT2D eigenvalue weighted by molar-refractivity contribution is 9.10. The molecule has 0 fully saturated rings. The van der Waals surface area contributed by atoms with Gasteiger partial charge in [-0.25, -0.2) is 0 Å². The Balaban J connectivity index is 2.73. The maximum absolute atomic E-state index is 5.76. The molecule has 2 atom stereocenters. The topological polar surface area (TPSA) is 27.1 Å². The molecule has 0 bridgehead atoms. The first-order valence-corrected chi connectivity index (χ1v) is 6.72. The van der Waals surface area contributed by atoms with Crippen LogP contribution in [-0.4, -0.2) is 15.9 Å². The molecule has 0 aliphatic rings. The molecule has 16 heavy (non-hydrogen) atoms. The number of aromatic nitrogens is 2. The third-order valence-corrected chi connectivity index (χ3v) is 3.60. The summed E-state index contributed by atoms with van der Waals surface area (Å²) in [7, 11) is 0. The van der Waals surface area contributed by atoms with Crippen LogP contribution < -0.4 is 0 Å². The van der Waals surface area contributed by atoms with Gasteiger partial charge in [0.1, 0.15) is 0 Å². The summed E-state index contributed by atoms with van der Waals surface area (Å²) in [5.41, 5.74) is 1.13. The molecule has 0 aliphatic heterocycles. The van der Waals surface area contributed by atoms with E-state index in [-0.39, 0.29) is 0 Å². The maximum atomic E-state index is 5.76. The van der Waals surface area contributed by atoms with Gasteiger partial charge in [0.15, 0.2) is 0 Å². The number of rotatable bonds is 6. The van der Waals surface area contributed by atoms with E-state index in [9.17, 15) is 0 Å². The second-order valence-electron chi connectivity index (χ2n) is 4.17. The molecule has 0 amide bonds. The molecule has 0 aromatic carbocycles. The average Bonchev–Trinajstić information content (AvgIpc) is 2.66. The fraction of sp³-hybridized carbons (Fsp3) is 0.750. The SMILES string of the molecule is CC[C@@H](C)OCc1c(Br)cnn1[C@H](C)CC. The molecule has 0 aliphatic carbocycles. The highest BCUT2D eigenvalue weighted by Gasteiger charge is 2.13. The number of nitrogens with zero attached hydrogens (tertiary/aromatic N) is 2. The normalized spacial score (nSPS) is 15.1. The van der Waals surface area contributed by atoms with Crippen LogP contribution in [0.25, 0.3) is 0 Å². The van der Waals surface area contributed by atoms with Crippen LogP contribution >= 0.6 is 15.9 Å². The molecule has 4 heteroatoms. The Labute approximate surface area is 106 Å². The van der Waals surface area contributed by atoms with E-state index < -0.39 is 0 Å². The predicted octanol–water partition coefficient (Wildman–Crippen LogP) is 3.93. The first kappa shape index (κ1) is 13.7. The Morgan fingerprint density at radius 1 is 1.38 bits per heavy atom. The van der Waals surface area contributed by atoms with Crippen LogP contribution in [0, 0.1) is 0 Å². The molecule has 0 saturated carbocycles. The Kier molecular flexibility index (Phi) is 5.49. The molecule has 1 heterocycles. The maximum Gasteiger partial charge on any atom is 0.0900 e. The molecule has 1 rings (SSSR count). The smallest absolute Gasteiger partial charge is 0.0900 e. The molecular weight excluding hydrogens is 268 g/mol. The fourth-order valence-electron chi connectivity index (χ4n) is 1.39. The quantitative estimate of drug-likeness (QED) is 0.793. The number of halogens is 1. The molecule has 0 radical (unpaired) electrons. The molecule has 1 aromatic heterocycles. The molecule has 92 valence electrons. The fourth-order valence-corrected chi connectivity index (χ4v) is 1.78. The van der Waals surface area contributed by atoms with Gasteiger partial charge in [-0.3, -0.25) is 4.68 Å². The highest BCUT2D eigenvalue weighted by atomic mass is 79.9. The van der Waals surface area contributed by atoms with Crippen molar-refractivity contribution < 1.29 is 4.74 Å². The van der Waals surface area contributed by atoms with Gasteiger partial charge in [0.05, 0.1) is 29.1 Å². The van der Waals surface area contributed by atoms with Crippen LogP contribution in [0.2, 0.25) is 0 Å². The van der Waals surface area contributed by atoms with Crippen molar-refractivity contribution in [1.29, 1.82) is 0 Å². The first-order valence-electron chi connectivity index (χ1n) is 5.93. The van der Waals surface area contributed by atoms with Crippen molar-refractivity contribution in [2.24, 2.45) is 0 Å². The van der Waals surface area contributed by atoms with Crippen molar-refractivity contribution in [3.63, 3.8) is 0 Å². The van der Waals surface area contributed by atoms with Crippen molar-refractivity contribution >= 4 is 15.9 Å². The van der Waals surface area contributed by atoms with Crippen LogP contribution in [0.3, 0.4) is 0 Å². The lowest BCUT2D eigenvalue weighted by molar-refractivity contribution is 0.0455. The van der Waals surface area contributed by atoms with Crippen LogP contribution in [0.1, 0.15) is 52.3 Å². The van der Waals surface area contributed by atoms with Gasteiger partial charge < -0.3 is 4.74 Å². The lowest BCUT2D eigenvalue weighted by Crippen LogP contribution is -2.13. The Morgan fingerprint density at radius 3 is 2.62 bits per heavy atom. The van der Waals surface area contributed by atoms with Gasteiger partial charge in [-0.05, 0) is 42.6 Å².